The highest BCUT2D eigenvalue weighted by molar-refractivity contribution is 7.99. The minimum absolute atomic E-state index is 0.198. The van der Waals surface area contributed by atoms with Crippen molar-refractivity contribution in [2.75, 3.05) is 17.3 Å². The van der Waals surface area contributed by atoms with E-state index in [9.17, 15) is 4.79 Å². The van der Waals surface area contributed by atoms with E-state index >= 15 is 0 Å². The summed E-state index contributed by atoms with van der Waals surface area (Å²) < 4.78 is 1.89. The second kappa shape index (κ2) is 7.12. The molecule has 2 aliphatic rings. The summed E-state index contributed by atoms with van der Waals surface area (Å²) in [5.41, 5.74) is 2.95. The molecule has 0 saturated carbocycles. The normalized spacial score (nSPS) is 22.0. The van der Waals surface area contributed by atoms with E-state index in [2.05, 4.69) is 54.7 Å². The van der Waals surface area contributed by atoms with Crippen molar-refractivity contribution in [3.05, 3.63) is 41.1 Å². The van der Waals surface area contributed by atoms with Crippen LogP contribution in [-0.4, -0.2) is 32.6 Å². The van der Waals surface area contributed by atoms with Gasteiger partial charge in [0.1, 0.15) is 6.04 Å². The van der Waals surface area contributed by atoms with Crippen molar-refractivity contribution in [1.29, 1.82) is 0 Å². The van der Waals surface area contributed by atoms with Gasteiger partial charge in [-0.25, -0.2) is 4.68 Å². The third-order valence-corrected chi connectivity index (χ3v) is 6.27. The molecule has 26 heavy (non-hydrogen) atoms. The van der Waals surface area contributed by atoms with E-state index in [1.165, 1.54) is 4.90 Å². The average Bonchev–Trinajstić information content (AvgIpc) is 3.02. The number of Topliss-reactive ketones (excluding diaryl/α,β-unsaturated/α-hetero) is 1. The predicted molar refractivity (Wildman–Crippen MR) is 107 cm³/mol. The van der Waals surface area contributed by atoms with Gasteiger partial charge in [-0.15, -0.1) is 16.9 Å². The Labute approximate surface area is 162 Å². The maximum atomic E-state index is 12.9. The highest BCUT2D eigenvalue weighted by Crippen LogP contribution is 2.42. The summed E-state index contributed by atoms with van der Waals surface area (Å²) in [7, 11) is 0. The fourth-order valence-corrected chi connectivity index (χ4v) is 4.63. The monoisotopic (exact) mass is 386 g/mol. The van der Waals surface area contributed by atoms with Crippen molar-refractivity contribution < 1.29 is 4.79 Å². The smallest absolute Gasteiger partial charge is 0.227 e. The molecule has 2 atom stereocenters. The predicted octanol–water partition coefficient (Wildman–Crippen LogP) is 4.38. The van der Waals surface area contributed by atoms with Gasteiger partial charge in [-0.05, 0) is 42.0 Å². The first-order chi connectivity index (χ1) is 12.6. The SMILES string of the molecule is CCSc1nc2n(n1)[C@@H](c1ccc(SC)cc1)C1=C(C[C@@H](C)CC1=O)N2. The molecule has 0 saturated heterocycles. The van der Waals surface area contributed by atoms with Gasteiger partial charge >= 0.3 is 0 Å². The quantitative estimate of drug-likeness (QED) is 0.787. The molecule has 1 aromatic heterocycles. The van der Waals surface area contributed by atoms with E-state index in [0.29, 0.717) is 12.3 Å². The van der Waals surface area contributed by atoms with Crippen molar-refractivity contribution in [1.82, 2.24) is 14.8 Å². The number of hydrogen-bond donors (Lipinski definition) is 1. The molecule has 7 heteroatoms. The van der Waals surface area contributed by atoms with E-state index in [1.54, 1.807) is 23.5 Å². The van der Waals surface area contributed by atoms with Crippen molar-refractivity contribution in [3.8, 4) is 0 Å². The van der Waals surface area contributed by atoms with Gasteiger partial charge in [0.15, 0.2) is 5.78 Å². The van der Waals surface area contributed by atoms with Crippen molar-refractivity contribution in [2.24, 2.45) is 5.92 Å². The van der Waals surface area contributed by atoms with Gasteiger partial charge in [0.05, 0.1) is 0 Å². The molecule has 0 radical (unpaired) electrons. The molecule has 2 aromatic rings. The molecule has 1 aliphatic carbocycles. The van der Waals surface area contributed by atoms with E-state index in [1.807, 2.05) is 4.68 Å². The van der Waals surface area contributed by atoms with Crippen LogP contribution >= 0.6 is 23.5 Å². The lowest BCUT2D eigenvalue weighted by Crippen LogP contribution is -2.33. The number of aromatic nitrogens is 3. The van der Waals surface area contributed by atoms with Crippen molar-refractivity contribution >= 4 is 35.3 Å². The van der Waals surface area contributed by atoms with Crippen LogP contribution in [0.1, 0.15) is 38.3 Å². The third kappa shape index (κ3) is 3.07. The summed E-state index contributed by atoms with van der Waals surface area (Å²) in [5, 5.41) is 8.84. The summed E-state index contributed by atoms with van der Waals surface area (Å²) in [4.78, 5) is 18.8. The largest absolute Gasteiger partial charge is 0.328 e. The van der Waals surface area contributed by atoms with Gasteiger partial charge in [-0.2, -0.15) is 4.98 Å². The molecule has 0 fully saturated rings. The van der Waals surface area contributed by atoms with Crippen LogP contribution in [0.3, 0.4) is 0 Å². The Morgan fingerprint density at radius 1 is 1.27 bits per heavy atom. The van der Waals surface area contributed by atoms with Gasteiger partial charge in [0.25, 0.3) is 0 Å². The van der Waals surface area contributed by atoms with Gasteiger partial charge in [-0.1, -0.05) is 37.7 Å². The Bertz CT molecular complexity index is 872. The molecule has 2 heterocycles. The molecule has 4 rings (SSSR count). The van der Waals surface area contributed by atoms with Crippen LogP contribution < -0.4 is 5.32 Å². The Hall–Kier alpha value is -1.73. The van der Waals surface area contributed by atoms with E-state index in [4.69, 9.17) is 5.10 Å². The van der Waals surface area contributed by atoms with Gasteiger partial charge in [-0.3, -0.25) is 4.79 Å². The first-order valence-corrected chi connectivity index (χ1v) is 11.1. The van der Waals surface area contributed by atoms with Crippen LogP contribution in [0, 0.1) is 5.92 Å². The number of fused-ring (bicyclic) bond motifs is 1. The lowest BCUT2D eigenvalue weighted by Gasteiger charge is -2.34. The van der Waals surface area contributed by atoms with Crippen LogP contribution in [0.15, 0.2) is 45.6 Å². The molecule has 0 unspecified atom stereocenters. The summed E-state index contributed by atoms with van der Waals surface area (Å²) in [6.45, 7) is 4.22. The number of rotatable bonds is 4. The van der Waals surface area contributed by atoms with Gasteiger partial charge in [0.2, 0.25) is 11.1 Å². The number of carbonyl (C=O) groups is 1. The summed E-state index contributed by atoms with van der Waals surface area (Å²) in [5.74, 6) is 2.23. The number of thioether (sulfide) groups is 2. The van der Waals surface area contributed by atoms with Crippen molar-refractivity contribution in [2.45, 2.75) is 42.8 Å². The number of benzene rings is 1. The van der Waals surface area contributed by atoms with Gasteiger partial charge < -0.3 is 5.32 Å². The lowest BCUT2D eigenvalue weighted by atomic mass is 9.81. The highest BCUT2D eigenvalue weighted by atomic mass is 32.2. The van der Waals surface area contributed by atoms with E-state index < -0.39 is 0 Å². The third-order valence-electron chi connectivity index (χ3n) is 4.81. The summed E-state index contributed by atoms with van der Waals surface area (Å²) in [6, 6.07) is 8.23. The number of carbonyl (C=O) groups excluding carboxylic acids is 1. The first-order valence-electron chi connectivity index (χ1n) is 8.87. The maximum absolute atomic E-state index is 12.9. The van der Waals surface area contributed by atoms with Crippen LogP contribution in [0.25, 0.3) is 0 Å². The zero-order chi connectivity index (χ0) is 18.3. The van der Waals surface area contributed by atoms with E-state index in [-0.39, 0.29) is 11.8 Å². The second-order valence-corrected chi connectivity index (χ2v) is 8.84. The Balaban J connectivity index is 1.84. The molecular formula is C19H22N4OS2. The van der Waals surface area contributed by atoms with Crippen LogP contribution in [-0.2, 0) is 4.79 Å². The molecule has 0 spiro atoms. The number of nitrogens with one attached hydrogen (secondary N) is 1. The molecule has 0 amide bonds. The fraction of sp³-hybridized carbons (Fsp3) is 0.421. The fourth-order valence-electron chi connectivity index (χ4n) is 3.67. The zero-order valence-corrected chi connectivity index (χ0v) is 16.8. The number of hydrogen-bond acceptors (Lipinski definition) is 6. The Morgan fingerprint density at radius 3 is 2.73 bits per heavy atom. The molecule has 0 bridgehead atoms. The van der Waals surface area contributed by atoms with Crippen LogP contribution in [0.2, 0.25) is 0 Å². The number of anilines is 1. The molecule has 136 valence electrons. The minimum atomic E-state index is -0.198. The molecule has 1 N–H and O–H groups in total. The second-order valence-electron chi connectivity index (χ2n) is 6.73. The zero-order valence-electron chi connectivity index (χ0n) is 15.2. The highest BCUT2D eigenvalue weighted by Gasteiger charge is 2.38. The minimum Gasteiger partial charge on any atom is -0.328 e. The molecule has 1 aliphatic heterocycles. The molecular weight excluding hydrogens is 364 g/mol. The Kier molecular flexibility index (Phi) is 4.84. The average molecular weight is 387 g/mol. The summed E-state index contributed by atoms with van der Waals surface area (Å²) in [6.07, 6.45) is 3.54. The lowest BCUT2D eigenvalue weighted by molar-refractivity contribution is -0.117. The van der Waals surface area contributed by atoms with Crippen LogP contribution in [0.5, 0.6) is 0 Å². The summed E-state index contributed by atoms with van der Waals surface area (Å²) >= 11 is 3.33. The number of nitrogens with zero attached hydrogens (tertiary/aromatic N) is 3. The van der Waals surface area contributed by atoms with Crippen molar-refractivity contribution in [3.63, 3.8) is 0 Å². The number of allylic oxidation sites excluding steroid dienone is 2. The maximum Gasteiger partial charge on any atom is 0.227 e. The number of ketones is 1. The topological polar surface area (TPSA) is 59.8 Å². The van der Waals surface area contributed by atoms with Gasteiger partial charge in [0, 0.05) is 22.6 Å². The first kappa shape index (κ1) is 17.7. The Morgan fingerprint density at radius 2 is 2.04 bits per heavy atom. The molecule has 1 aromatic carbocycles. The van der Waals surface area contributed by atoms with Crippen LogP contribution in [0.4, 0.5) is 5.95 Å². The van der Waals surface area contributed by atoms with E-state index in [0.717, 1.165) is 40.1 Å². The standard InChI is InChI=1S/C19H22N4OS2/c1-4-26-19-21-18-20-14-9-11(2)10-15(24)16(14)17(23(18)22-19)12-5-7-13(25-3)8-6-12/h5-8,11,17H,4,9-10H2,1-3H3,(H,20,21,22)/t11-,17+/m1/s1. The molecule has 5 nitrogen and oxygen atoms in total.